The molecule has 352 valence electrons. The molecule has 17 heteroatoms. The summed E-state index contributed by atoms with van der Waals surface area (Å²) >= 11 is 0. The van der Waals surface area contributed by atoms with Gasteiger partial charge < -0.3 is 24.4 Å². The number of carbonyl (C=O) groups excluding carboxylic acids is 2. The molecule has 4 aromatic carbocycles. The first kappa shape index (κ1) is 45.0. The fourth-order valence-electron chi connectivity index (χ4n) is 8.46. The lowest BCUT2D eigenvalue weighted by Gasteiger charge is -2.39. The molecule has 10 rings (SSSR count). The molecule has 2 aliphatic heterocycles. The van der Waals surface area contributed by atoms with Crippen LogP contribution in [0.4, 0.5) is 11.6 Å². The van der Waals surface area contributed by atoms with Crippen LogP contribution in [0.3, 0.4) is 0 Å². The van der Waals surface area contributed by atoms with E-state index in [0.29, 0.717) is 68.6 Å². The number of anilines is 2. The number of unbranched alkanes of at least 4 members (excludes halogenated alkanes) is 1. The summed E-state index contributed by atoms with van der Waals surface area (Å²) in [7, 11) is 0. The highest BCUT2D eigenvalue weighted by Crippen LogP contribution is 2.33. The third-order valence-electron chi connectivity index (χ3n) is 12.4. The number of carbonyl (C=O) groups is 2. The zero-order chi connectivity index (χ0) is 47.3. The number of hydrogen-bond donors (Lipinski definition) is 2. The van der Waals surface area contributed by atoms with Crippen LogP contribution in [-0.4, -0.2) is 101 Å². The molecule has 2 aliphatic rings. The fraction of sp³-hybridized carbons (Fsp3) is 0.308. The average molecular weight is 927 g/mol. The number of aromatic nitrogens is 8. The number of para-hydroxylation sites is 2. The number of hydrogen-bond acceptors (Lipinski definition) is 15. The van der Waals surface area contributed by atoms with E-state index >= 15 is 0 Å². The van der Waals surface area contributed by atoms with Gasteiger partial charge in [-0.1, -0.05) is 122 Å². The van der Waals surface area contributed by atoms with E-state index < -0.39 is 11.9 Å². The van der Waals surface area contributed by atoms with Crippen molar-refractivity contribution in [1.29, 1.82) is 0 Å². The Kier molecular flexibility index (Phi) is 13.2. The number of benzene rings is 4. The van der Waals surface area contributed by atoms with Crippen LogP contribution in [0.1, 0.15) is 44.7 Å². The maximum Gasteiger partial charge on any atom is 0.319 e. The van der Waals surface area contributed by atoms with Crippen molar-refractivity contribution in [2.75, 3.05) is 49.9 Å². The topological polar surface area (TPSA) is 187 Å². The Bertz CT molecular complexity index is 2990. The lowest BCUT2D eigenvalue weighted by Crippen LogP contribution is -2.53. The second-order valence-electron chi connectivity index (χ2n) is 18.1. The van der Waals surface area contributed by atoms with Crippen molar-refractivity contribution in [2.24, 2.45) is 17.8 Å². The molecule has 2 saturated heterocycles. The standard InChI is InChI=1S/C52H54N12O5/c1-4-5-24-53-47-43(26-55-63(47)41-12-8-6-9-13-41)49-57-45(59-68-49)37-20-16-35(17-21-37)28-61-30-39(31-61)51(65)67-52(66)40-32-62(33-40)29-36-18-22-38(23-19-36)46-58-50(69-60-46)44-27-56-64(42-14-10-7-11-15-42)48(44)54-25-34(2)3/h6-23,26-27,34,39-40,53-54H,4-5,24-25,28-33H2,1-3H3. The van der Waals surface area contributed by atoms with Gasteiger partial charge in [0.1, 0.15) is 22.8 Å². The van der Waals surface area contributed by atoms with Crippen LogP contribution in [-0.2, 0) is 27.4 Å². The molecule has 0 saturated carbocycles. The van der Waals surface area contributed by atoms with Gasteiger partial charge in [-0.25, -0.2) is 9.36 Å². The first-order chi connectivity index (χ1) is 33.8. The highest BCUT2D eigenvalue weighted by Gasteiger charge is 2.39. The molecule has 8 aromatic rings. The maximum atomic E-state index is 12.9. The normalized spacial score (nSPS) is 14.4. The summed E-state index contributed by atoms with van der Waals surface area (Å²) < 4.78 is 20.6. The molecule has 0 bridgehead atoms. The summed E-state index contributed by atoms with van der Waals surface area (Å²) in [5.41, 5.74) is 7.12. The first-order valence-corrected chi connectivity index (χ1v) is 23.6. The Morgan fingerprint density at radius 1 is 0.638 bits per heavy atom. The van der Waals surface area contributed by atoms with Gasteiger partial charge in [0.15, 0.2) is 0 Å². The van der Waals surface area contributed by atoms with E-state index in [1.165, 1.54) is 0 Å². The third-order valence-corrected chi connectivity index (χ3v) is 12.4. The van der Waals surface area contributed by atoms with Crippen molar-refractivity contribution in [2.45, 2.75) is 46.7 Å². The smallest absolute Gasteiger partial charge is 0.319 e. The zero-order valence-electron chi connectivity index (χ0n) is 38.9. The van der Waals surface area contributed by atoms with Crippen LogP contribution in [0.5, 0.6) is 0 Å². The highest BCUT2D eigenvalue weighted by atomic mass is 16.6. The van der Waals surface area contributed by atoms with Crippen LogP contribution >= 0.6 is 0 Å². The SMILES string of the molecule is CCCCNc1c(-c2nc(-c3ccc(CN4CC(C(=O)OC(=O)C5CN(Cc6ccc(-c7noc(-c8cnn(-c9ccccc9)c8NCC(C)C)n7)cc6)C5)C4)cc3)no2)cnn1-c1ccccc1. The summed E-state index contributed by atoms with van der Waals surface area (Å²) in [6, 6.07) is 35.8. The summed E-state index contributed by atoms with van der Waals surface area (Å²) in [5.74, 6) is 2.16. The lowest BCUT2D eigenvalue weighted by atomic mass is 9.97. The molecule has 4 aromatic heterocycles. The van der Waals surface area contributed by atoms with Crippen molar-refractivity contribution in [3.63, 3.8) is 0 Å². The van der Waals surface area contributed by atoms with Crippen LogP contribution in [0.25, 0.3) is 57.1 Å². The number of likely N-dealkylation sites (tertiary alicyclic amines) is 2. The van der Waals surface area contributed by atoms with Crippen molar-refractivity contribution in [1.82, 2.24) is 49.6 Å². The van der Waals surface area contributed by atoms with E-state index in [0.717, 1.165) is 82.3 Å². The molecule has 17 nitrogen and oxygen atoms in total. The molecular weight excluding hydrogens is 873 g/mol. The average Bonchev–Trinajstić information content (AvgIpc) is 4.18. The van der Waals surface area contributed by atoms with Crippen molar-refractivity contribution >= 4 is 23.6 Å². The molecule has 0 spiro atoms. The molecular formula is C52H54N12O5. The van der Waals surface area contributed by atoms with Gasteiger partial charge in [-0.2, -0.15) is 20.2 Å². The predicted molar refractivity (Wildman–Crippen MR) is 260 cm³/mol. The van der Waals surface area contributed by atoms with Gasteiger partial charge in [0, 0.05) is 63.5 Å². The van der Waals surface area contributed by atoms with Crippen molar-refractivity contribution < 1.29 is 23.4 Å². The van der Waals surface area contributed by atoms with Crippen molar-refractivity contribution in [3.8, 4) is 57.1 Å². The molecule has 2 fully saturated rings. The molecule has 0 amide bonds. The summed E-state index contributed by atoms with van der Waals surface area (Å²) in [6.07, 6.45) is 5.57. The van der Waals surface area contributed by atoms with Gasteiger partial charge >= 0.3 is 11.9 Å². The molecule has 69 heavy (non-hydrogen) atoms. The Morgan fingerprint density at radius 3 is 1.52 bits per heavy atom. The van der Waals surface area contributed by atoms with Gasteiger partial charge in [0.05, 0.1) is 35.6 Å². The van der Waals surface area contributed by atoms with Crippen LogP contribution in [0, 0.1) is 17.8 Å². The number of esters is 2. The molecule has 0 atom stereocenters. The Labute approximate surface area is 399 Å². The summed E-state index contributed by atoms with van der Waals surface area (Å²) in [6.45, 7) is 11.4. The van der Waals surface area contributed by atoms with E-state index in [-0.39, 0.29) is 11.8 Å². The van der Waals surface area contributed by atoms with Gasteiger partial charge in [0.25, 0.3) is 11.8 Å². The largest absolute Gasteiger partial charge is 0.393 e. The molecule has 2 N–H and O–H groups in total. The second kappa shape index (κ2) is 20.2. The van der Waals surface area contributed by atoms with Gasteiger partial charge in [0.2, 0.25) is 11.6 Å². The van der Waals surface area contributed by atoms with Crippen molar-refractivity contribution in [3.05, 3.63) is 133 Å². The predicted octanol–water partition coefficient (Wildman–Crippen LogP) is 8.41. The van der Waals surface area contributed by atoms with Crippen LogP contribution in [0.2, 0.25) is 0 Å². The minimum atomic E-state index is -0.455. The molecule has 0 radical (unpaired) electrons. The molecule has 0 unspecified atom stereocenters. The zero-order valence-corrected chi connectivity index (χ0v) is 38.9. The molecule has 6 heterocycles. The maximum absolute atomic E-state index is 12.9. The second-order valence-corrected chi connectivity index (χ2v) is 18.1. The van der Waals surface area contributed by atoms with E-state index in [1.54, 1.807) is 12.4 Å². The minimum absolute atomic E-state index is 0.334. The number of nitrogens with zero attached hydrogens (tertiary/aromatic N) is 10. The Hall–Kier alpha value is -7.76. The molecule has 0 aliphatic carbocycles. The lowest BCUT2D eigenvalue weighted by molar-refractivity contribution is -0.172. The Balaban J connectivity index is 0.666. The first-order valence-electron chi connectivity index (χ1n) is 23.6. The van der Waals surface area contributed by atoms with Crippen LogP contribution < -0.4 is 10.6 Å². The van der Waals surface area contributed by atoms with Gasteiger partial charge in [-0.05, 0) is 47.7 Å². The van der Waals surface area contributed by atoms with Gasteiger partial charge in [-0.15, -0.1) is 0 Å². The number of ether oxygens (including phenoxy) is 1. The van der Waals surface area contributed by atoms with E-state index in [4.69, 9.17) is 23.8 Å². The fourth-order valence-corrected chi connectivity index (χ4v) is 8.46. The quantitative estimate of drug-likeness (QED) is 0.0447. The summed E-state index contributed by atoms with van der Waals surface area (Å²) in [4.78, 5) is 39.6. The van der Waals surface area contributed by atoms with Crippen LogP contribution in [0.15, 0.2) is 131 Å². The number of rotatable bonds is 19. The van der Waals surface area contributed by atoms with E-state index in [1.807, 2.05) is 119 Å². The van der Waals surface area contributed by atoms with E-state index in [9.17, 15) is 9.59 Å². The monoisotopic (exact) mass is 926 g/mol. The van der Waals surface area contributed by atoms with Gasteiger partial charge in [-0.3, -0.25) is 19.4 Å². The minimum Gasteiger partial charge on any atom is -0.393 e. The highest BCUT2D eigenvalue weighted by molar-refractivity contribution is 5.89. The number of nitrogens with one attached hydrogen (secondary N) is 2. The summed E-state index contributed by atoms with van der Waals surface area (Å²) in [5, 5.41) is 24.8. The Morgan fingerprint density at radius 2 is 1.09 bits per heavy atom. The van der Waals surface area contributed by atoms with E-state index in [2.05, 4.69) is 61.7 Å². The third kappa shape index (κ3) is 10.1.